The van der Waals surface area contributed by atoms with Crippen molar-refractivity contribution in [1.82, 2.24) is 15.7 Å². The van der Waals surface area contributed by atoms with Crippen LogP contribution in [0.1, 0.15) is 64.2 Å². The highest BCUT2D eigenvalue weighted by molar-refractivity contribution is 5.94. The molecule has 2 amide bonds. The number of benzene rings is 2. The van der Waals surface area contributed by atoms with Crippen LogP contribution in [-0.4, -0.2) is 53.7 Å². The first kappa shape index (κ1) is 26.2. The summed E-state index contributed by atoms with van der Waals surface area (Å²) in [6.45, 7) is 2.29. The molecule has 0 aromatic heterocycles. The summed E-state index contributed by atoms with van der Waals surface area (Å²) >= 11 is 0. The second-order valence-electron chi connectivity index (χ2n) is 10.00. The molecule has 2 fully saturated rings. The second-order valence-corrected chi connectivity index (χ2v) is 10.00. The molecular weight excluding hydrogens is 454 g/mol. The van der Waals surface area contributed by atoms with Gasteiger partial charge in [-0.1, -0.05) is 55.3 Å². The number of unbranched alkanes of at least 4 members (excludes halogenated alkanes) is 2. The van der Waals surface area contributed by atoms with Gasteiger partial charge in [0.15, 0.2) is 0 Å². The van der Waals surface area contributed by atoms with E-state index in [9.17, 15) is 9.59 Å². The zero-order chi connectivity index (χ0) is 25.2. The maximum Gasteiger partial charge on any atom is 0.250 e. The number of hydrogen-bond acceptors (Lipinski definition) is 5. The highest BCUT2D eigenvalue weighted by Gasteiger charge is 2.28. The lowest BCUT2D eigenvalue weighted by Crippen LogP contribution is -2.47. The number of hydroxylamine groups is 1. The van der Waals surface area contributed by atoms with Gasteiger partial charge in [-0.15, -0.1) is 0 Å². The molecule has 7 nitrogen and oxygen atoms in total. The van der Waals surface area contributed by atoms with Crippen molar-refractivity contribution < 1.29 is 19.5 Å². The van der Waals surface area contributed by atoms with Gasteiger partial charge in [-0.3, -0.25) is 14.8 Å². The second kappa shape index (κ2) is 13.4. The van der Waals surface area contributed by atoms with Gasteiger partial charge in [0.25, 0.3) is 5.91 Å². The van der Waals surface area contributed by atoms with Crippen molar-refractivity contribution >= 4 is 22.6 Å². The summed E-state index contributed by atoms with van der Waals surface area (Å²) in [7, 11) is 0. The molecule has 194 valence electrons. The molecule has 36 heavy (non-hydrogen) atoms. The van der Waals surface area contributed by atoms with E-state index in [-0.39, 0.29) is 30.9 Å². The fourth-order valence-electron chi connectivity index (χ4n) is 5.41. The SMILES string of the molecule is O=C(CCCC/C=C(\COc1cccc2ccccc12)C(=O)NC1CCN(C2CCCC2)CC1)NO. The van der Waals surface area contributed by atoms with E-state index >= 15 is 0 Å². The standard InChI is InChI=1S/C29H39N3O4/c33-28(31-35)16-3-1-2-10-23(21-36-27-15-8-11-22-9-4-7-14-26(22)27)29(34)30-24-17-19-32(20-18-24)25-12-5-6-13-25/h4,7-11,14-15,24-25,35H,1-3,5-6,12-13,16-21H2,(H,30,34)(H,31,33)/b23-10+. The molecular formula is C29H39N3O4. The lowest BCUT2D eigenvalue weighted by Gasteiger charge is -2.36. The average Bonchev–Trinajstić information content (AvgIpc) is 3.45. The third-order valence-corrected chi connectivity index (χ3v) is 7.50. The molecule has 7 heteroatoms. The van der Waals surface area contributed by atoms with Crippen molar-refractivity contribution in [2.24, 2.45) is 0 Å². The van der Waals surface area contributed by atoms with E-state index in [2.05, 4.69) is 10.2 Å². The van der Waals surface area contributed by atoms with Gasteiger partial charge in [0.1, 0.15) is 12.4 Å². The van der Waals surface area contributed by atoms with Gasteiger partial charge in [0, 0.05) is 37.0 Å². The fourth-order valence-corrected chi connectivity index (χ4v) is 5.41. The number of nitrogens with zero attached hydrogens (tertiary/aromatic N) is 1. The Kier molecular flexibility index (Phi) is 9.76. The molecule has 4 rings (SSSR count). The molecule has 3 N–H and O–H groups in total. The summed E-state index contributed by atoms with van der Waals surface area (Å²) in [5.74, 6) is 0.305. The third-order valence-electron chi connectivity index (χ3n) is 7.50. The van der Waals surface area contributed by atoms with Gasteiger partial charge in [0.2, 0.25) is 5.91 Å². The lowest BCUT2D eigenvalue weighted by atomic mass is 10.0. The minimum absolute atomic E-state index is 0.0670. The first-order valence-corrected chi connectivity index (χ1v) is 13.4. The average molecular weight is 494 g/mol. The van der Waals surface area contributed by atoms with Crippen LogP contribution in [0.4, 0.5) is 0 Å². The highest BCUT2D eigenvalue weighted by atomic mass is 16.5. The Morgan fingerprint density at radius 3 is 2.53 bits per heavy atom. The van der Waals surface area contributed by atoms with Gasteiger partial charge < -0.3 is 15.0 Å². The Hall–Kier alpha value is -2.90. The van der Waals surface area contributed by atoms with Crippen LogP contribution in [0.2, 0.25) is 0 Å². The summed E-state index contributed by atoms with van der Waals surface area (Å²) in [4.78, 5) is 27.1. The van der Waals surface area contributed by atoms with E-state index in [1.807, 2.05) is 48.5 Å². The maximum atomic E-state index is 13.3. The Morgan fingerprint density at radius 1 is 1.00 bits per heavy atom. The number of likely N-dealkylation sites (tertiary alicyclic amines) is 1. The van der Waals surface area contributed by atoms with E-state index in [4.69, 9.17) is 9.94 Å². The van der Waals surface area contributed by atoms with Gasteiger partial charge in [-0.25, -0.2) is 5.48 Å². The number of carbonyl (C=O) groups excluding carboxylic acids is 2. The van der Waals surface area contributed by atoms with Crippen molar-refractivity contribution in [3.8, 4) is 5.75 Å². The molecule has 0 unspecified atom stereocenters. The van der Waals surface area contributed by atoms with E-state index in [1.54, 1.807) is 5.48 Å². The van der Waals surface area contributed by atoms with Crippen LogP contribution in [0.5, 0.6) is 5.75 Å². The first-order chi connectivity index (χ1) is 17.6. The number of piperidine rings is 1. The summed E-state index contributed by atoms with van der Waals surface area (Å²) in [6.07, 6.45) is 11.5. The molecule has 1 aliphatic heterocycles. The monoisotopic (exact) mass is 493 g/mol. The summed E-state index contributed by atoms with van der Waals surface area (Å²) in [5, 5.41) is 14.0. The molecule has 0 atom stereocenters. The zero-order valence-corrected chi connectivity index (χ0v) is 21.1. The van der Waals surface area contributed by atoms with Crippen molar-refractivity contribution in [3.63, 3.8) is 0 Å². The minimum atomic E-state index is -0.389. The fraction of sp³-hybridized carbons (Fsp3) is 0.517. The Labute approximate surface area is 213 Å². The van der Waals surface area contributed by atoms with Crippen LogP contribution in [0.15, 0.2) is 54.1 Å². The molecule has 2 aromatic carbocycles. The Balaban J connectivity index is 1.35. The van der Waals surface area contributed by atoms with E-state index in [1.165, 1.54) is 25.7 Å². The molecule has 1 saturated heterocycles. The number of nitrogens with one attached hydrogen (secondary N) is 2. The smallest absolute Gasteiger partial charge is 0.250 e. The predicted octanol–water partition coefficient (Wildman–Crippen LogP) is 4.73. The van der Waals surface area contributed by atoms with Crippen LogP contribution < -0.4 is 15.5 Å². The quantitative estimate of drug-likeness (QED) is 0.182. The number of ether oxygens (including phenoxy) is 1. The minimum Gasteiger partial charge on any atom is -0.488 e. The van der Waals surface area contributed by atoms with Crippen LogP contribution in [-0.2, 0) is 9.59 Å². The molecule has 0 spiro atoms. The van der Waals surface area contributed by atoms with E-state index in [0.717, 1.165) is 54.9 Å². The number of allylic oxidation sites excluding steroid dienone is 1. The van der Waals surface area contributed by atoms with Crippen molar-refractivity contribution in [2.45, 2.75) is 76.3 Å². The van der Waals surface area contributed by atoms with Crippen LogP contribution in [0, 0.1) is 0 Å². The van der Waals surface area contributed by atoms with Crippen molar-refractivity contribution in [3.05, 3.63) is 54.1 Å². The number of hydrogen-bond donors (Lipinski definition) is 3. The van der Waals surface area contributed by atoms with Crippen LogP contribution in [0.25, 0.3) is 10.8 Å². The lowest BCUT2D eigenvalue weighted by molar-refractivity contribution is -0.129. The molecule has 2 aliphatic rings. The number of carbonyl (C=O) groups is 2. The zero-order valence-electron chi connectivity index (χ0n) is 21.1. The number of amides is 2. The van der Waals surface area contributed by atoms with E-state index in [0.29, 0.717) is 18.4 Å². The van der Waals surface area contributed by atoms with E-state index < -0.39 is 0 Å². The topological polar surface area (TPSA) is 90.9 Å². The van der Waals surface area contributed by atoms with Crippen molar-refractivity contribution in [1.29, 1.82) is 0 Å². The summed E-state index contributed by atoms with van der Waals surface area (Å²) in [6, 6.07) is 14.9. The largest absolute Gasteiger partial charge is 0.488 e. The summed E-state index contributed by atoms with van der Waals surface area (Å²) in [5.41, 5.74) is 2.28. The van der Waals surface area contributed by atoms with Gasteiger partial charge >= 0.3 is 0 Å². The van der Waals surface area contributed by atoms with Gasteiger partial charge in [-0.05, 0) is 56.4 Å². The highest BCUT2D eigenvalue weighted by Crippen LogP contribution is 2.27. The molecule has 1 heterocycles. The first-order valence-electron chi connectivity index (χ1n) is 13.4. The van der Waals surface area contributed by atoms with Crippen molar-refractivity contribution in [2.75, 3.05) is 19.7 Å². The molecule has 0 radical (unpaired) electrons. The summed E-state index contributed by atoms with van der Waals surface area (Å²) < 4.78 is 6.15. The normalized spacial score (nSPS) is 17.9. The predicted molar refractivity (Wildman–Crippen MR) is 141 cm³/mol. The van der Waals surface area contributed by atoms with Crippen LogP contribution >= 0.6 is 0 Å². The Morgan fingerprint density at radius 2 is 1.75 bits per heavy atom. The number of fused-ring (bicyclic) bond motifs is 1. The molecule has 2 aromatic rings. The third kappa shape index (κ3) is 7.31. The molecule has 1 aliphatic carbocycles. The van der Waals surface area contributed by atoms with Gasteiger partial charge in [0.05, 0.1) is 5.57 Å². The Bertz CT molecular complexity index is 1030. The molecule has 0 bridgehead atoms. The maximum absolute atomic E-state index is 13.3. The van der Waals surface area contributed by atoms with Crippen LogP contribution in [0.3, 0.4) is 0 Å². The number of rotatable bonds is 11. The molecule has 1 saturated carbocycles. The van der Waals surface area contributed by atoms with Gasteiger partial charge in [-0.2, -0.15) is 0 Å².